The van der Waals surface area contributed by atoms with Crippen molar-refractivity contribution in [2.75, 3.05) is 10.6 Å². The van der Waals surface area contributed by atoms with E-state index in [4.69, 9.17) is 0 Å². The highest BCUT2D eigenvalue weighted by atomic mass is 32.1. The van der Waals surface area contributed by atoms with E-state index in [0.717, 1.165) is 28.5 Å². The SMILES string of the molecule is CC(=O)Nc1ccc(Nc2cc(-c3ccc(C)s3)[nH]n2)c(C)c1. The quantitative estimate of drug-likeness (QED) is 0.663. The number of H-pyrrole nitrogens is 1. The summed E-state index contributed by atoms with van der Waals surface area (Å²) in [7, 11) is 0. The Morgan fingerprint density at radius 2 is 2.00 bits per heavy atom. The average Bonchev–Trinajstić information content (AvgIpc) is 3.10. The third-order valence-electron chi connectivity index (χ3n) is 3.39. The molecule has 0 spiro atoms. The molecule has 0 saturated heterocycles. The fourth-order valence-electron chi connectivity index (χ4n) is 2.31. The molecule has 3 N–H and O–H groups in total. The monoisotopic (exact) mass is 326 g/mol. The van der Waals surface area contributed by atoms with Gasteiger partial charge in [0.05, 0.1) is 10.6 Å². The van der Waals surface area contributed by atoms with Crippen LogP contribution < -0.4 is 10.6 Å². The minimum absolute atomic E-state index is 0.0757. The maximum absolute atomic E-state index is 11.1. The van der Waals surface area contributed by atoms with Crippen LogP contribution in [0.5, 0.6) is 0 Å². The Morgan fingerprint density at radius 3 is 2.65 bits per heavy atom. The molecule has 3 aromatic rings. The Balaban J connectivity index is 1.77. The van der Waals surface area contributed by atoms with E-state index in [0.29, 0.717) is 0 Å². The van der Waals surface area contributed by atoms with Crippen LogP contribution in [0.1, 0.15) is 17.4 Å². The van der Waals surface area contributed by atoms with Crippen molar-refractivity contribution >= 4 is 34.4 Å². The van der Waals surface area contributed by atoms with E-state index < -0.39 is 0 Å². The first-order valence-electron chi connectivity index (χ1n) is 7.29. The maximum atomic E-state index is 11.1. The predicted molar refractivity (Wildman–Crippen MR) is 95.4 cm³/mol. The Labute approximate surface area is 138 Å². The molecule has 23 heavy (non-hydrogen) atoms. The largest absolute Gasteiger partial charge is 0.339 e. The number of hydrogen-bond donors (Lipinski definition) is 3. The molecule has 0 bridgehead atoms. The first-order valence-corrected chi connectivity index (χ1v) is 8.10. The Hall–Kier alpha value is -2.60. The predicted octanol–water partition coefficient (Wildman–Crippen LogP) is 4.46. The molecule has 6 heteroatoms. The number of carbonyl (C=O) groups excluding carboxylic acids is 1. The number of benzene rings is 1. The zero-order valence-corrected chi connectivity index (χ0v) is 14.0. The van der Waals surface area contributed by atoms with Crippen LogP contribution in [0, 0.1) is 13.8 Å². The molecule has 2 heterocycles. The lowest BCUT2D eigenvalue weighted by atomic mass is 10.1. The lowest BCUT2D eigenvalue weighted by Gasteiger charge is -2.09. The molecule has 0 saturated carbocycles. The zero-order chi connectivity index (χ0) is 16.4. The number of amides is 1. The van der Waals surface area contributed by atoms with Gasteiger partial charge in [0.1, 0.15) is 0 Å². The van der Waals surface area contributed by atoms with Crippen molar-refractivity contribution in [2.45, 2.75) is 20.8 Å². The van der Waals surface area contributed by atoms with Gasteiger partial charge in [-0.25, -0.2) is 0 Å². The molecule has 0 aliphatic heterocycles. The van der Waals surface area contributed by atoms with Gasteiger partial charge in [-0.05, 0) is 49.7 Å². The van der Waals surface area contributed by atoms with Crippen LogP contribution in [0.25, 0.3) is 10.6 Å². The summed E-state index contributed by atoms with van der Waals surface area (Å²) < 4.78 is 0. The molecular weight excluding hydrogens is 308 g/mol. The molecule has 0 atom stereocenters. The first-order chi connectivity index (χ1) is 11.0. The van der Waals surface area contributed by atoms with Crippen molar-refractivity contribution in [2.24, 2.45) is 0 Å². The van der Waals surface area contributed by atoms with Gasteiger partial charge in [0.25, 0.3) is 0 Å². The number of aromatic nitrogens is 2. The van der Waals surface area contributed by atoms with E-state index in [1.807, 2.05) is 31.2 Å². The number of hydrogen-bond acceptors (Lipinski definition) is 4. The van der Waals surface area contributed by atoms with Crippen molar-refractivity contribution in [1.82, 2.24) is 10.2 Å². The van der Waals surface area contributed by atoms with Gasteiger partial charge in [0.2, 0.25) is 5.91 Å². The third-order valence-corrected chi connectivity index (χ3v) is 4.43. The number of rotatable bonds is 4. The Bertz CT molecular complexity index is 850. The second kappa shape index (κ2) is 6.26. The van der Waals surface area contributed by atoms with Crippen LogP contribution >= 0.6 is 11.3 Å². The molecule has 3 rings (SSSR count). The molecule has 118 valence electrons. The summed E-state index contributed by atoms with van der Waals surface area (Å²) >= 11 is 1.73. The molecule has 0 unspecified atom stereocenters. The summed E-state index contributed by atoms with van der Waals surface area (Å²) in [5.74, 6) is 0.690. The van der Waals surface area contributed by atoms with E-state index in [1.165, 1.54) is 16.7 Å². The molecule has 1 aromatic carbocycles. The van der Waals surface area contributed by atoms with Gasteiger partial charge in [0.15, 0.2) is 5.82 Å². The van der Waals surface area contributed by atoms with Crippen LogP contribution in [0.2, 0.25) is 0 Å². The van der Waals surface area contributed by atoms with Crippen molar-refractivity contribution in [3.8, 4) is 10.6 Å². The van der Waals surface area contributed by atoms with Crippen LogP contribution in [0.3, 0.4) is 0 Å². The standard InChI is InChI=1S/C17H18N4OS/c1-10-8-13(18-12(3)22)5-6-14(10)19-17-9-15(20-21-17)16-7-4-11(2)23-16/h4-9H,1-3H3,(H,18,22)(H2,19,20,21). The molecule has 0 radical (unpaired) electrons. The number of aromatic amines is 1. The second-order valence-corrected chi connectivity index (χ2v) is 6.70. The van der Waals surface area contributed by atoms with E-state index in [9.17, 15) is 4.79 Å². The summed E-state index contributed by atoms with van der Waals surface area (Å²) in [5, 5.41) is 13.4. The fourth-order valence-corrected chi connectivity index (χ4v) is 3.15. The summed E-state index contributed by atoms with van der Waals surface area (Å²) in [6, 6.07) is 11.9. The summed E-state index contributed by atoms with van der Waals surface area (Å²) in [4.78, 5) is 13.5. The van der Waals surface area contributed by atoms with Crippen molar-refractivity contribution in [3.63, 3.8) is 0 Å². The number of thiophene rings is 1. The van der Waals surface area contributed by atoms with Gasteiger partial charge < -0.3 is 10.6 Å². The van der Waals surface area contributed by atoms with E-state index in [-0.39, 0.29) is 5.91 Å². The third kappa shape index (κ3) is 3.60. The molecule has 0 aliphatic carbocycles. The summed E-state index contributed by atoms with van der Waals surface area (Å²) in [5.41, 5.74) is 3.78. The van der Waals surface area contributed by atoms with Gasteiger partial charge >= 0.3 is 0 Å². The molecule has 0 fully saturated rings. The van der Waals surface area contributed by atoms with Crippen LogP contribution in [-0.4, -0.2) is 16.1 Å². The molecule has 2 aromatic heterocycles. The van der Waals surface area contributed by atoms with Gasteiger partial charge in [-0.1, -0.05) is 0 Å². The average molecular weight is 326 g/mol. The summed E-state index contributed by atoms with van der Waals surface area (Å²) in [6.45, 7) is 5.58. The number of nitrogens with zero attached hydrogens (tertiary/aromatic N) is 1. The number of carbonyl (C=O) groups is 1. The van der Waals surface area contributed by atoms with Crippen LogP contribution in [-0.2, 0) is 4.79 Å². The summed E-state index contributed by atoms with van der Waals surface area (Å²) in [6.07, 6.45) is 0. The topological polar surface area (TPSA) is 69.8 Å². The lowest BCUT2D eigenvalue weighted by molar-refractivity contribution is -0.114. The Kier molecular flexibility index (Phi) is 4.16. The van der Waals surface area contributed by atoms with E-state index in [2.05, 4.69) is 39.9 Å². The molecular formula is C17H18N4OS. The van der Waals surface area contributed by atoms with Gasteiger partial charge in [-0.3, -0.25) is 9.89 Å². The van der Waals surface area contributed by atoms with Crippen LogP contribution in [0.4, 0.5) is 17.2 Å². The van der Waals surface area contributed by atoms with Crippen LogP contribution in [0.15, 0.2) is 36.4 Å². The lowest BCUT2D eigenvalue weighted by Crippen LogP contribution is -2.06. The number of anilines is 3. The van der Waals surface area contributed by atoms with E-state index >= 15 is 0 Å². The maximum Gasteiger partial charge on any atom is 0.221 e. The zero-order valence-electron chi connectivity index (χ0n) is 13.2. The molecule has 5 nitrogen and oxygen atoms in total. The Morgan fingerprint density at radius 1 is 1.17 bits per heavy atom. The molecule has 1 amide bonds. The highest BCUT2D eigenvalue weighted by Gasteiger charge is 2.07. The smallest absolute Gasteiger partial charge is 0.221 e. The van der Waals surface area contributed by atoms with E-state index in [1.54, 1.807) is 11.3 Å². The van der Waals surface area contributed by atoms with Gasteiger partial charge in [0, 0.05) is 29.2 Å². The van der Waals surface area contributed by atoms with Gasteiger partial charge in [-0.15, -0.1) is 11.3 Å². The van der Waals surface area contributed by atoms with Crippen molar-refractivity contribution in [3.05, 3.63) is 46.8 Å². The normalized spacial score (nSPS) is 10.6. The first kappa shape index (κ1) is 15.3. The fraction of sp³-hybridized carbons (Fsp3) is 0.176. The van der Waals surface area contributed by atoms with Crippen molar-refractivity contribution < 1.29 is 4.79 Å². The highest BCUT2D eigenvalue weighted by molar-refractivity contribution is 7.15. The second-order valence-electron chi connectivity index (χ2n) is 5.41. The molecule has 0 aliphatic rings. The highest BCUT2D eigenvalue weighted by Crippen LogP contribution is 2.29. The van der Waals surface area contributed by atoms with Crippen molar-refractivity contribution in [1.29, 1.82) is 0 Å². The minimum Gasteiger partial charge on any atom is -0.339 e. The number of nitrogens with one attached hydrogen (secondary N) is 3. The number of aryl methyl sites for hydroxylation is 2. The minimum atomic E-state index is -0.0757. The van der Waals surface area contributed by atoms with Gasteiger partial charge in [-0.2, -0.15) is 5.10 Å².